The van der Waals surface area contributed by atoms with E-state index in [-0.39, 0.29) is 11.5 Å². The van der Waals surface area contributed by atoms with Gasteiger partial charge < -0.3 is 13.9 Å². The van der Waals surface area contributed by atoms with Crippen LogP contribution in [0.15, 0.2) is 62.6 Å². The minimum atomic E-state index is -3.83. The lowest BCUT2D eigenvalue weighted by Crippen LogP contribution is -2.33. The first-order valence-electron chi connectivity index (χ1n) is 9.00. The predicted octanol–water partition coefficient (Wildman–Crippen LogP) is 2.47. The molecule has 0 fully saturated rings. The summed E-state index contributed by atoms with van der Waals surface area (Å²) in [6.45, 7) is 1.18. The fourth-order valence-electron chi connectivity index (χ4n) is 2.82. The molecule has 9 heteroatoms. The molecule has 0 unspecified atom stereocenters. The molecule has 0 atom stereocenters. The minimum absolute atomic E-state index is 0.0870. The Morgan fingerprint density at radius 3 is 2.47 bits per heavy atom. The van der Waals surface area contributed by atoms with Crippen LogP contribution in [-0.4, -0.2) is 39.4 Å². The normalized spacial score (nSPS) is 11.6. The summed E-state index contributed by atoms with van der Waals surface area (Å²) < 4.78 is 41.6. The first kappa shape index (κ1) is 21.5. The number of benzene rings is 2. The first-order chi connectivity index (χ1) is 14.2. The highest BCUT2D eigenvalue weighted by Gasteiger charge is 2.23. The number of methoxy groups -OCH3 is 1. The summed E-state index contributed by atoms with van der Waals surface area (Å²) in [5.74, 6) is -0.231. The van der Waals surface area contributed by atoms with E-state index in [1.807, 2.05) is 6.92 Å². The van der Waals surface area contributed by atoms with Crippen LogP contribution >= 0.6 is 0 Å². The van der Waals surface area contributed by atoms with E-state index in [0.717, 1.165) is 9.87 Å². The zero-order valence-electron chi connectivity index (χ0n) is 16.7. The second kappa shape index (κ2) is 8.68. The number of likely N-dealkylation sites (N-methyl/N-ethyl adjacent to an activating group) is 1. The maximum absolute atomic E-state index is 12.6. The van der Waals surface area contributed by atoms with Gasteiger partial charge in [0.25, 0.3) is 0 Å². The van der Waals surface area contributed by atoms with E-state index in [4.69, 9.17) is 13.9 Å². The Bertz CT molecular complexity index is 1230. The molecule has 0 saturated carbocycles. The summed E-state index contributed by atoms with van der Waals surface area (Å²) in [5, 5.41) is 0.587. The van der Waals surface area contributed by atoms with E-state index < -0.39 is 28.2 Å². The lowest BCUT2D eigenvalue weighted by Gasteiger charge is -2.16. The molecule has 0 saturated heterocycles. The van der Waals surface area contributed by atoms with Crippen molar-refractivity contribution in [3.8, 4) is 5.75 Å². The van der Waals surface area contributed by atoms with Crippen molar-refractivity contribution in [3.05, 3.63) is 70.1 Å². The fraction of sp³-hybridized carbons (Fsp3) is 0.238. The van der Waals surface area contributed by atoms with Crippen molar-refractivity contribution in [2.45, 2.75) is 18.4 Å². The molecular weight excluding hydrogens is 410 g/mol. The number of carbonyl (C=O) groups excluding carboxylic acids is 1. The van der Waals surface area contributed by atoms with Crippen molar-refractivity contribution in [2.24, 2.45) is 0 Å². The fourth-order valence-corrected chi connectivity index (χ4v) is 3.93. The molecule has 1 aromatic heterocycles. The Kier molecular flexibility index (Phi) is 6.23. The lowest BCUT2D eigenvalue weighted by atomic mass is 10.1. The van der Waals surface area contributed by atoms with Gasteiger partial charge in [0, 0.05) is 30.1 Å². The summed E-state index contributed by atoms with van der Waals surface area (Å²) in [7, 11) is -1.04. The average molecular weight is 431 g/mol. The van der Waals surface area contributed by atoms with Crippen LogP contribution in [0.2, 0.25) is 0 Å². The van der Waals surface area contributed by atoms with Gasteiger partial charge in [-0.05, 0) is 31.2 Å². The maximum Gasteiger partial charge on any atom is 0.336 e. The maximum atomic E-state index is 12.6. The second-order valence-corrected chi connectivity index (χ2v) is 8.73. The largest absolute Gasteiger partial charge is 0.497 e. The van der Waals surface area contributed by atoms with Crippen molar-refractivity contribution >= 4 is 27.0 Å². The van der Waals surface area contributed by atoms with Gasteiger partial charge in [-0.3, -0.25) is 4.79 Å². The van der Waals surface area contributed by atoms with Crippen LogP contribution < -0.4 is 10.4 Å². The number of sulfonamides is 1. The van der Waals surface area contributed by atoms with E-state index in [9.17, 15) is 18.0 Å². The molecule has 0 bridgehead atoms. The van der Waals surface area contributed by atoms with Crippen LogP contribution in [0, 0.1) is 6.92 Å². The standard InChI is InChI=1S/C21H21NO7S/c1-14-4-7-17(8-5-14)30(25,26)22(2)12-21(24)28-13-15-10-20(23)29-19-11-16(27-3)6-9-18(15)19/h4-11H,12-13H2,1-3H3. The van der Waals surface area contributed by atoms with Gasteiger partial charge in [0.2, 0.25) is 10.0 Å². The lowest BCUT2D eigenvalue weighted by molar-refractivity contribution is -0.144. The third-order valence-corrected chi connectivity index (χ3v) is 6.32. The van der Waals surface area contributed by atoms with Gasteiger partial charge in [-0.15, -0.1) is 0 Å². The molecule has 158 valence electrons. The number of rotatable bonds is 7. The zero-order valence-corrected chi connectivity index (χ0v) is 17.6. The Morgan fingerprint density at radius 2 is 1.80 bits per heavy atom. The van der Waals surface area contributed by atoms with Crippen molar-refractivity contribution in [2.75, 3.05) is 20.7 Å². The molecular formula is C21H21NO7S. The molecule has 1 heterocycles. The summed E-state index contributed by atoms with van der Waals surface area (Å²) in [6.07, 6.45) is 0. The van der Waals surface area contributed by atoms with Gasteiger partial charge in [0.1, 0.15) is 24.5 Å². The van der Waals surface area contributed by atoms with Crippen molar-refractivity contribution in [3.63, 3.8) is 0 Å². The Morgan fingerprint density at radius 1 is 1.10 bits per heavy atom. The van der Waals surface area contributed by atoms with Gasteiger partial charge in [0.15, 0.2) is 0 Å². The molecule has 0 spiro atoms. The van der Waals surface area contributed by atoms with Crippen LogP contribution in [0.4, 0.5) is 0 Å². The molecule has 3 rings (SSSR count). The summed E-state index contributed by atoms with van der Waals surface area (Å²) >= 11 is 0. The van der Waals surface area contributed by atoms with E-state index in [1.54, 1.807) is 30.3 Å². The zero-order chi connectivity index (χ0) is 21.9. The number of hydrogen-bond donors (Lipinski definition) is 0. The summed E-state index contributed by atoms with van der Waals surface area (Å²) in [6, 6.07) is 12.5. The molecule has 0 aliphatic heterocycles. The van der Waals surface area contributed by atoms with E-state index in [2.05, 4.69) is 0 Å². The molecule has 0 aliphatic rings. The van der Waals surface area contributed by atoms with Crippen LogP contribution in [-0.2, 0) is 26.2 Å². The molecule has 0 amide bonds. The SMILES string of the molecule is COc1ccc2c(COC(=O)CN(C)S(=O)(=O)c3ccc(C)cc3)cc(=O)oc2c1. The highest BCUT2D eigenvalue weighted by molar-refractivity contribution is 7.89. The monoisotopic (exact) mass is 431 g/mol. The van der Waals surface area contributed by atoms with Crippen LogP contribution in [0.25, 0.3) is 11.0 Å². The summed E-state index contributed by atoms with van der Waals surface area (Å²) in [5.41, 5.74) is 1.07. The molecule has 0 radical (unpaired) electrons. The van der Waals surface area contributed by atoms with E-state index >= 15 is 0 Å². The van der Waals surface area contributed by atoms with Crippen molar-refractivity contribution in [1.29, 1.82) is 0 Å². The van der Waals surface area contributed by atoms with E-state index in [1.165, 1.54) is 32.4 Å². The molecule has 2 aromatic carbocycles. The highest BCUT2D eigenvalue weighted by atomic mass is 32.2. The van der Waals surface area contributed by atoms with Crippen molar-refractivity contribution < 1.29 is 27.1 Å². The number of ether oxygens (including phenoxy) is 2. The molecule has 0 N–H and O–H groups in total. The average Bonchev–Trinajstić information content (AvgIpc) is 2.71. The highest BCUT2D eigenvalue weighted by Crippen LogP contribution is 2.23. The molecule has 0 aliphatic carbocycles. The smallest absolute Gasteiger partial charge is 0.336 e. The number of carbonyl (C=O) groups is 1. The first-order valence-corrected chi connectivity index (χ1v) is 10.4. The summed E-state index contributed by atoms with van der Waals surface area (Å²) in [4.78, 5) is 24.1. The van der Waals surface area contributed by atoms with Gasteiger partial charge in [-0.25, -0.2) is 13.2 Å². The third kappa shape index (κ3) is 4.69. The number of nitrogens with zero attached hydrogens (tertiary/aromatic N) is 1. The van der Waals surface area contributed by atoms with Gasteiger partial charge >= 0.3 is 11.6 Å². The van der Waals surface area contributed by atoms with Crippen LogP contribution in [0.5, 0.6) is 5.75 Å². The number of hydrogen-bond acceptors (Lipinski definition) is 7. The predicted molar refractivity (Wildman–Crippen MR) is 110 cm³/mol. The van der Waals surface area contributed by atoms with Gasteiger partial charge in [-0.1, -0.05) is 17.7 Å². The van der Waals surface area contributed by atoms with Crippen LogP contribution in [0.1, 0.15) is 11.1 Å². The minimum Gasteiger partial charge on any atom is -0.497 e. The number of fused-ring (bicyclic) bond motifs is 1. The van der Waals surface area contributed by atoms with Gasteiger partial charge in [0.05, 0.1) is 12.0 Å². The number of esters is 1. The third-order valence-electron chi connectivity index (χ3n) is 4.51. The van der Waals surface area contributed by atoms with Crippen LogP contribution in [0.3, 0.4) is 0 Å². The quantitative estimate of drug-likeness (QED) is 0.418. The molecule has 8 nitrogen and oxygen atoms in total. The second-order valence-electron chi connectivity index (χ2n) is 6.69. The van der Waals surface area contributed by atoms with Gasteiger partial charge in [-0.2, -0.15) is 4.31 Å². The topological polar surface area (TPSA) is 103 Å². The number of aryl methyl sites for hydroxylation is 1. The van der Waals surface area contributed by atoms with Crippen molar-refractivity contribution in [1.82, 2.24) is 4.31 Å². The molecule has 30 heavy (non-hydrogen) atoms. The Balaban J connectivity index is 1.71. The molecule has 3 aromatic rings. The Labute approximate surface area is 173 Å². The Hall–Kier alpha value is -3.17. The van der Waals surface area contributed by atoms with E-state index in [0.29, 0.717) is 22.3 Å².